The van der Waals surface area contributed by atoms with Crippen molar-refractivity contribution in [2.24, 2.45) is 5.73 Å². The molecule has 1 rings (SSSR count). The van der Waals surface area contributed by atoms with E-state index in [2.05, 4.69) is 0 Å². The zero-order chi connectivity index (χ0) is 8.81. The van der Waals surface area contributed by atoms with E-state index in [9.17, 15) is 0 Å². The molecule has 1 aromatic rings. The van der Waals surface area contributed by atoms with Crippen molar-refractivity contribution in [1.82, 2.24) is 0 Å². The molecule has 1 aromatic heterocycles. The topological polar surface area (TPSA) is 48.4 Å². The van der Waals surface area contributed by atoms with E-state index in [1.54, 1.807) is 13.4 Å². The van der Waals surface area contributed by atoms with Crippen molar-refractivity contribution in [2.75, 3.05) is 13.7 Å². The summed E-state index contributed by atoms with van der Waals surface area (Å²) in [5.74, 6) is 1.00. The van der Waals surface area contributed by atoms with Gasteiger partial charge in [-0.05, 0) is 19.0 Å². The average molecular weight is 169 g/mol. The lowest BCUT2D eigenvalue weighted by molar-refractivity contribution is 0.183. The lowest BCUT2D eigenvalue weighted by atomic mass is 10.2. The minimum absolute atomic E-state index is 0.621. The van der Waals surface area contributed by atoms with E-state index in [1.165, 1.54) is 0 Å². The summed E-state index contributed by atoms with van der Waals surface area (Å²) in [7, 11) is 1.68. The maximum atomic E-state index is 5.40. The zero-order valence-electron chi connectivity index (χ0n) is 7.38. The van der Waals surface area contributed by atoms with Crippen molar-refractivity contribution in [1.29, 1.82) is 0 Å². The summed E-state index contributed by atoms with van der Waals surface area (Å²) in [4.78, 5) is 0. The summed E-state index contributed by atoms with van der Waals surface area (Å²) in [6.45, 7) is 1.32. The van der Waals surface area contributed by atoms with Gasteiger partial charge < -0.3 is 14.9 Å². The third kappa shape index (κ3) is 2.36. The summed E-state index contributed by atoms with van der Waals surface area (Å²) in [5, 5.41) is 0. The highest BCUT2D eigenvalue weighted by molar-refractivity contribution is 5.15. The van der Waals surface area contributed by atoms with Crippen molar-refractivity contribution in [3.8, 4) is 0 Å². The first-order valence-corrected chi connectivity index (χ1v) is 4.12. The predicted molar refractivity (Wildman–Crippen MR) is 46.8 cm³/mol. The van der Waals surface area contributed by atoms with E-state index in [1.807, 2.05) is 6.07 Å². The number of hydrogen-bond donors (Lipinski definition) is 1. The molecule has 0 bridgehead atoms. The molecule has 0 aliphatic carbocycles. The van der Waals surface area contributed by atoms with Crippen molar-refractivity contribution in [3.63, 3.8) is 0 Å². The van der Waals surface area contributed by atoms with E-state index in [-0.39, 0.29) is 0 Å². The largest absolute Gasteiger partial charge is 0.469 e. The number of hydrogen-bond acceptors (Lipinski definition) is 3. The van der Waals surface area contributed by atoms with Gasteiger partial charge in [0.15, 0.2) is 0 Å². The molecular weight excluding hydrogens is 154 g/mol. The second-order valence-corrected chi connectivity index (χ2v) is 2.69. The molecule has 12 heavy (non-hydrogen) atoms. The molecule has 0 amide bonds. The van der Waals surface area contributed by atoms with Crippen LogP contribution >= 0.6 is 0 Å². The Balaban J connectivity index is 2.51. The van der Waals surface area contributed by atoms with Gasteiger partial charge >= 0.3 is 0 Å². The lowest BCUT2D eigenvalue weighted by Gasteiger charge is -1.99. The molecule has 0 saturated heterocycles. The fourth-order valence-electron chi connectivity index (χ4n) is 1.13. The number of rotatable bonds is 5. The molecule has 0 fully saturated rings. The van der Waals surface area contributed by atoms with Gasteiger partial charge in [-0.2, -0.15) is 0 Å². The quantitative estimate of drug-likeness (QED) is 0.723. The van der Waals surface area contributed by atoms with E-state index in [0.29, 0.717) is 13.2 Å². The van der Waals surface area contributed by atoms with Crippen LogP contribution in [0.4, 0.5) is 0 Å². The Hall–Kier alpha value is -0.800. The Morgan fingerprint density at radius 3 is 3.08 bits per heavy atom. The summed E-state index contributed by atoms with van der Waals surface area (Å²) in [5.41, 5.74) is 6.53. The Morgan fingerprint density at radius 1 is 1.58 bits per heavy atom. The molecule has 1 heterocycles. The Kier molecular flexibility index (Phi) is 3.84. The maximum Gasteiger partial charge on any atom is 0.109 e. The molecule has 0 unspecified atom stereocenters. The maximum absolute atomic E-state index is 5.40. The number of furan rings is 1. The smallest absolute Gasteiger partial charge is 0.109 e. The Bertz CT molecular complexity index is 220. The van der Waals surface area contributed by atoms with Crippen LogP contribution in [0.2, 0.25) is 0 Å². The summed E-state index contributed by atoms with van der Waals surface area (Å²) >= 11 is 0. The van der Waals surface area contributed by atoms with Crippen LogP contribution in [0.25, 0.3) is 0 Å². The molecule has 0 spiro atoms. The second-order valence-electron chi connectivity index (χ2n) is 2.69. The highest BCUT2D eigenvalue weighted by Gasteiger charge is 2.04. The first-order valence-electron chi connectivity index (χ1n) is 4.12. The highest BCUT2D eigenvalue weighted by Crippen LogP contribution is 2.13. The van der Waals surface area contributed by atoms with E-state index in [0.717, 1.165) is 24.2 Å². The predicted octanol–water partition coefficient (Wildman–Crippen LogP) is 1.32. The number of aryl methyl sites for hydroxylation is 1. The molecule has 0 radical (unpaired) electrons. The molecule has 0 aliphatic heterocycles. The van der Waals surface area contributed by atoms with Crippen LogP contribution in [0.3, 0.4) is 0 Å². The second kappa shape index (κ2) is 4.95. The summed E-state index contributed by atoms with van der Waals surface area (Å²) in [6, 6.07) is 1.94. The first-order chi connectivity index (χ1) is 5.88. The minimum atomic E-state index is 0.621. The number of ether oxygens (including phenoxy) is 1. The van der Waals surface area contributed by atoms with Gasteiger partial charge in [0.05, 0.1) is 12.9 Å². The lowest BCUT2D eigenvalue weighted by Crippen LogP contribution is -2.01. The van der Waals surface area contributed by atoms with Gasteiger partial charge in [-0.25, -0.2) is 0 Å². The summed E-state index contributed by atoms with van der Waals surface area (Å²) in [6.07, 6.45) is 3.56. The average Bonchev–Trinajstić information content (AvgIpc) is 2.50. The molecule has 0 saturated carbocycles. The fourth-order valence-corrected chi connectivity index (χ4v) is 1.13. The van der Waals surface area contributed by atoms with Crippen molar-refractivity contribution in [3.05, 3.63) is 23.7 Å². The van der Waals surface area contributed by atoms with Gasteiger partial charge in [0.1, 0.15) is 5.76 Å². The monoisotopic (exact) mass is 169 g/mol. The summed E-state index contributed by atoms with van der Waals surface area (Å²) < 4.78 is 10.3. The van der Waals surface area contributed by atoms with Gasteiger partial charge in [0, 0.05) is 19.1 Å². The van der Waals surface area contributed by atoms with Crippen molar-refractivity contribution < 1.29 is 9.15 Å². The van der Waals surface area contributed by atoms with Crippen LogP contribution < -0.4 is 5.73 Å². The standard InChI is InChI=1S/C9H15NO2/c1-11-7-8-4-6-12-9(8)3-2-5-10/h4,6H,2-3,5,7,10H2,1H3. The van der Waals surface area contributed by atoms with Crippen LogP contribution in [0, 0.1) is 0 Å². The first kappa shape index (κ1) is 9.29. The van der Waals surface area contributed by atoms with Gasteiger partial charge in [-0.15, -0.1) is 0 Å². The molecule has 3 heteroatoms. The molecule has 2 N–H and O–H groups in total. The van der Waals surface area contributed by atoms with Crippen LogP contribution in [0.15, 0.2) is 16.7 Å². The van der Waals surface area contributed by atoms with Crippen molar-refractivity contribution >= 4 is 0 Å². The molecule has 68 valence electrons. The normalized spacial score (nSPS) is 10.5. The fraction of sp³-hybridized carbons (Fsp3) is 0.556. The van der Waals surface area contributed by atoms with Gasteiger partial charge in [-0.1, -0.05) is 0 Å². The van der Waals surface area contributed by atoms with Crippen LogP contribution in [-0.4, -0.2) is 13.7 Å². The van der Waals surface area contributed by atoms with Gasteiger partial charge in [-0.3, -0.25) is 0 Å². The van der Waals surface area contributed by atoms with Crippen LogP contribution in [-0.2, 0) is 17.8 Å². The van der Waals surface area contributed by atoms with E-state index >= 15 is 0 Å². The van der Waals surface area contributed by atoms with Crippen LogP contribution in [0.1, 0.15) is 17.7 Å². The number of nitrogens with two attached hydrogens (primary N) is 1. The third-order valence-electron chi connectivity index (χ3n) is 1.75. The zero-order valence-corrected chi connectivity index (χ0v) is 7.38. The van der Waals surface area contributed by atoms with Crippen LogP contribution in [0.5, 0.6) is 0 Å². The SMILES string of the molecule is COCc1ccoc1CCCN. The minimum Gasteiger partial charge on any atom is -0.469 e. The molecule has 0 aliphatic rings. The van der Waals surface area contributed by atoms with Crippen molar-refractivity contribution in [2.45, 2.75) is 19.4 Å². The molecule has 0 aromatic carbocycles. The highest BCUT2D eigenvalue weighted by atomic mass is 16.5. The van der Waals surface area contributed by atoms with Gasteiger partial charge in [0.25, 0.3) is 0 Å². The Morgan fingerprint density at radius 2 is 2.42 bits per heavy atom. The number of methoxy groups -OCH3 is 1. The third-order valence-corrected chi connectivity index (χ3v) is 1.75. The molecule has 3 nitrogen and oxygen atoms in total. The van der Waals surface area contributed by atoms with E-state index in [4.69, 9.17) is 14.9 Å². The molecular formula is C9H15NO2. The molecule has 0 atom stereocenters. The van der Waals surface area contributed by atoms with E-state index < -0.39 is 0 Å². The van der Waals surface area contributed by atoms with Gasteiger partial charge in [0.2, 0.25) is 0 Å². The Labute approximate surface area is 72.5 Å².